The topological polar surface area (TPSA) is 72.5 Å². The lowest BCUT2D eigenvalue weighted by atomic mass is 9.93. The molecule has 0 fully saturated rings. The first-order valence-electron chi connectivity index (χ1n) is 8.14. The van der Waals surface area contributed by atoms with E-state index in [9.17, 15) is 4.79 Å². The molecule has 22 heavy (non-hydrogen) atoms. The van der Waals surface area contributed by atoms with Crippen molar-refractivity contribution in [2.24, 2.45) is 5.73 Å². The highest BCUT2D eigenvalue weighted by atomic mass is 16.5. The van der Waals surface area contributed by atoms with Gasteiger partial charge in [0.25, 0.3) is 0 Å². The Kier molecular flexibility index (Phi) is 8.13. The summed E-state index contributed by atoms with van der Waals surface area (Å²) < 4.78 is 5.69. The summed E-state index contributed by atoms with van der Waals surface area (Å²) in [7, 11) is 0. The molecule has 0 saturated carbocycles. The van der Waals surface area contributed by atoms with Gasteiger partial charge in [-0.05, 0) is 31.0 Å². The van der Waals surface area contributed by atoms with Gasteiger partial charge in [-0.25, -0.2) is 0 Å². The molecule has 0 aliphatic rings. The first kappa shape index (κ1) is 18.7. The maximum absolute atomic E-state index is 11.9. The standard InChI is InChI=1S/C18H29NO3/c1-3-4-5-6-7-12-22-16-10-8-15(9-11-16)13-17(21)18(2,19)14-20/h8-11,20H,3-7,12-14,19H2,1-2H3/t18-/m0/s1. The zero-order chi connectivity index (χ0) is 16.4. The molecule has 0 aliphatic heterocycles. The second kappa shape index (κ2) is 9.59. The number of ketones is 1. The van der Waals surface area contributed by atoms with Gasteiger partial charge in [-0.15, -0.1) is 0 Å². The van der Waals surface area contributed by atoms with E-state index in [0.29, 0.717) is 0 Å². The van der Waals surface area contributed by atoms with Gasteiger partial charge < -0.3 is 15.6 Å². The van der Waals surface area contributed by atoms with Crippen LogP contribution in [0.15, 0.2) is 24.3 Å². The van der Waals surface area contributed by atoms with Crippen LogP contribution in [0.1, 0.15) is 51.5 Å². The normalized spacial score (nSPS) is 13.6. The van der Waals surface area contributed by atoms with Crippen molar-refractivity contribution in [1.82, 2.24) is 0 Å². The molecule has 0 bridgehead atoms. The molecule has 1 aromatic carbocycles. The van der Waals surface area contributed by atoms with Crippen molar-refractivity contribution in [2.45, 2.75) is 57.9 Å². The van der Waals surface area contributed by atoms with E-state index >= 15 is 0 Å². The Morgan fingerprint density at radius 3 is 2.41 bits per heavy atom. The molecule has 124 valence electrons. The summed E-state index contributed by atoms with van der Waals surface area (Å²) in [5.41, 5.74) is 5.44. The lowest BCUT2D eigenvalue weighted by molar-refractivity contribution is -0.124. The van der Waals surface area contributed by atoms with Crippen LogP contribution in [0, 0.1) is 0 Å². The minimum absolute atomic E-state index is 0.167. The van der Waals surface area contributed by atoms with Crippen molar-refractivity contribution in [3.05, 3.63) is 29.8 Å². The Bertz CT molecular complexity index is 440. The summed E-state index contributed by atoms with van der Waals surface area (Å²) in [6.45, 7) is 4.14. The molecular weight excluding hydrogens is 278 g/mol. The van der Waals surface area contributed by atoms with Crippen LogP contribution in [-0.4, -0.2) is 29.6 Å². The summed E-state index contributed by atoms with van der Waals surface area (Å²) in [6.07, 6.45) is 6.31. The van der Waals surface area contributed by atoms with Crippen molar-refractivity contribution in [3.63, 3.8) is 0 Å². The fourth-order valence-corrected chi connectivity index (χ4v) is 2.07. The average molecular weight is 307 g/mol. The van der Waals surface area contributed by atoms with Gasteiger partial charge in [0.05, 0.1) is 18.8 Å². The van der Waals surface area contributed by atoms with Crippen LogP contribution in [0.3, 0.4) is 0 Å². The van der Waals surface area contributed by atoms with E-state index in [-0.39, 0.29) is 18.8 Å². The lowest BCUT2D eigenvalue weighted by Crippen LogP contribution is -2.49. The Morgan fingerprint density at radius 1 is 1.18 bits per heavy atom. The number of aliphatic hydroxyl groups excluding tert-OH is 1. The molecule has 0 aromatic heterocycles. The van der Waals surface area contributed by atoms with E-state index in [1.54, 1.807) is 6.92 Å². The monoisotopic (exact) mass is 307 g/mol. The maximum Gasteiger partial charge on any atom is 0.159 e. The van der Waals surface area contributed by atoms with Gasteiger partial charge >= 0.3 is 0 Å². The highest BCUT2D eigenvalue weighted by Gasteiger charge is 2.26. The molecule has 3 N–H and O–H groups in total. The molecule has 0 spiro atoms. The van der Waals surface area contributed by atoms with E-state index in [2.05, 4.69) is 6.92 Å². The van der Waals surface area contributed by atoms with Gasteiger partial charge in [-0.1, -0.05) is 44.7 Å². The molecule has 4 heteroatoms. The number of rotatable bonds is 11. The molecular formula is C18H29NO3. The van der Waals surface area contributed by atoms with Gasteiger partial charge in [0, 0.05) is 6.42 Å². The van der Waals surface area contributed by atoms with E-state index in [1.807, 2.05) is 24.3 Å². The minimum atomic E-state index is -1.17. The third-order valence-electron chi connectivity index (χ3n) is 3.77. The molecule has 4 nitrogen and oxygen atoms in total. The highest BCUT2D eigenvalue weighted by Crippen LogP contribution is 2.15. The van der Waals surface area contributed by atoms with Crippen molar-refractivity contribution in [1.29, 1.82) is 0 Å². The van der Waals surface area contributed by atoms with Gasteiger partial charge in [-0.3, -0.25) is 4.79 Å². The molecule has 0 heterocycles. The number of carbonyl (C=O) groups excluding carboxylic acids is 1. The smallest absolute Gasteiger partial charge is 0.159 e. The number of ether oxygens (including phenoxy) is 1. The Balaban J connectivity index is 2.35. The second-order valence-electron chi connectivity index (χ2n) is 6.08. The number of aliphatic hydroxyl groups is 1. The molecule has 1 atom stereocenters. The fraction of sp³-hybridized carbons (Fsp3) is 0.611. The Labute approximate surface area is 133 Å². The number of benzene rings is 1. The van der Waals surface area contributed by atoms with Crippen LogP contribution in [0.5, 0.6) is 5.75 Å². The van der Waals surface area contributed by atoms with Crippen LogP contribution in [0.4, 0.5) is 0 Å². The van der Waals surface area contributed by atoms with Crippen LogP contribution in [0.25, 0.3) is 0 Å². The summed E-state index contributed by atoms with van der Waals surface area (Å²) in [5, 5.41) is 9.10. The van der Waals surface area contributed by atoms with E-state index in [4.69, 9.17) is 15.6 Å². The first-order chi connectivity index (χ1) is 10.5. The van der Waals surface area contributed by atoms with E-state index in [1.165, 1.54) is 25.7 Å². The zero-order valence-electron chi connectivity index (χ0n) is 13.8. The van der Waals surface area contributed by atoms with Crippen molar-refractivity contribution in [2.75, 3.05) is 13.2 Å². The van der Waals surface area contributed by atoms with Crippen molar-refractivity contribution >= 4 is 5.78 Å². The molecule has 0 amide bonds. The lowest BCUT2D eigenvalue weighted by Gasteiger charge is -2.19. The summed E-state index contributed by atoms with van der Waals surface area (Å²) >= 11 is 0. The summed E-state index contributed by atoms with van der Waals surface area (Å²) in [4.78, 5) is 11.9. The Morgan fingerprint density at radius 2 is 1.82 bits per heavy atom. The number of hydrogen-bond donors (Lipinski definition) is 2. The zero-order valence-corrected chi connectivity index (χ0v) is 13.8. The summed E-state index contributed by atoms with van der Waals surface area (Å²) in [5.74, 6) is 0.656. The fourth-order valence-electron chi connectivity index (χ4n) is 2.07. The largest absolute Gasteiger partial charge is 0.494 e. The molecule has 0 radical (unpaired) electrons. The molecule has 0 saturated heterocycles. The van der Waals surface area contributed by atoms with Gasteiger partial charge in [-0.2, -0.15) is 0 Å². The van der Waals surface area contributed by atoms with Gasteiger partial charge in [0.2, 0.25) is 0 Å². The van der Waals surface area contributed by atoms with Crippen LogP contribution >= 0.6 is 0 Å². The molecule has 1 aromatic rings. The number of hydrogen-bond acceptors (Lipinski definition) is 4. The predicted octanol–water partition coefficient (Wildman–Crippen LogP) is 2.86. The number of nitrogens with two attached hydrogens (primary N) is 1. The van der Waals surface area contributed by atoms with Gasteiger partial charge in [0.1, 0.15) is 5.75 Å². The van der Waals surface area contributed by atoms with Gasteiger partial charge in [0.15, 0.2) is 5.78 Å². The number of Topliss-reactive ketones (excluding diaryl/α,β-unsaturated/α-hetero) is 1. The summed E-state index contributed by atoms with van der Waals surface area (Å²) in [6, 6.07) is 7.50. The van der Waals surface area contributed by atoms with Crippen LogP contribution in [0.2, 0.25) is 0 Å². The highest BCUT2D eigenvalue weighted by molar-refractivity contribution is 5.89. The first-order valence-corrected chi connectivity index (χ1v) is 8.14. The maximum atomic E-state index is 11.9. The van der Waals surface area contributed by atoms with Crippen molar-refractivity contribution < 1.29 is 14.6 Å². The quantitative estimate of drug-likeness (QED) is 0.617. The molecule has 0 unspecified atom stereocenters. The minimum Gasteiger partial charge on any atom is -0.494 e. The molecule has 1 rings (SSSR count). The third kappa shape index (κ3) is 6.58. The van der Waals surface area contributed by atoms with E-state index in [0.717, 1.165) is 24.3 Å². The Hall–Kier alpha value is -1.39. The predicted molar refractivity (Wildman–Crippen MR) is 89.1 cm³/mol. The number of unbranched alkanes of at least 4 members (excludes halogenated alkanes) is 4. The number of carbonyl (C=O) groups is 1. The van der Waals surface area contributed by atoms with E-state index < -0.39 is 5.54 Å². The van der Waals surface area contributed by atoms with Crippen LogP contribution in [-0.2, 0) is 11.2 Å². The average Bonchev–Trinajstić information content (AvgIpc) is 2.52. The SMILES string of the molecule is CCCCCCCOc1ccc(CC(=O)[C@@](C)(N)CO)cc1. The second-order valence-corrected chi connectivity index (χ2v) is 6.08. The third-order valence-corrected chi connectivity index (χ3v) is 3.77. The van der Waals surface area contributed by atoms with Crippen molar-refractivity contribution in [3.8, 4) is 5.75 Å². The molecule has 0 aliphatic carbocycles. The van der Waals surface area contributed by atoms with Crippen LogP contribution < -0.4 is 10.5 Å².